The third kappa shape index (κ3) is 3.56. The summed E-state index contributed by atoms with van der Waals surface area (Å²) in [6.45, 7) is 2.60. The minimum absolute atomic E-state index is 0.179. The van der Waals surface area contributed by atoms with Gasteiger partial charge in [-0.3, -0.25) is 4.98 Å². The van der Waals surface area contributed by atoms with Gasteiger partial charge in [-0.2, -0.15) is 0 Å². The van der Waals surface area contributed by atoms with Gasteiger partial charge >= 0.3 is 0 Å². The molecular weight excluding hydrogens is 288 g/mol. The first-order chi connectivity index (χ1) is 9.91. The van der Waals surface area contributed by atoms with Gasteiger partial charge in [0.15, 0.2) is 0 Å². The predicted molar refractivity (Wildman–Crippen MR) is 81.4 cm³/mol. The molecule has 21 heavy (non-hydrogen) atoms. The Kier molecular flexibility index (Phi) is 4.54. The van der Waals surface area contributed by atoms with Crippen molar-refractivity contribution in [3.05, 3.63) is 47.9 Å². The molecule has 0 fully saturated rings. The first-order valence-corrected chi connectivity index (χ1v) is 7.87. The van der Waals surface area contributed by atoms with Crippen LogP contribution in [0.1, 0.15) is 11.1 Å². The second kappa shape index (κ2) is 6.19. The molecule has 0 atom stereocenters. The Labute approximate surface area is 124 Å². The molecule has 2 aromatic heterocycles. The van der Waals surface area contributed by atoms with E-state index in [2.05, 4.69) is 15.3 Å². The van der Waals surface area contributed by atoms with Gasteiger partial charge < -0.3 is 5.32 Å². The zero-order valence-electron chi connectivity index (χ0n) is 12.2. The molecule has 2 rings (SSSR count). The van der Waals surface area contributed by atoms with Crippen molar-refractivity contribution in [1.29, 1.82) is 0 Å². The molecule has 1 N–H and O–H groups in total. The molecule has 0 amide bonds. The number of nitrogens with zero attached hydrogens (tertiary/aromatic N) is 3. The average molecular weight is 306 g/mol. The highest BCUT2D eigenvalue weighted by molar-refractivity contribution is 7.89. The summed E-state index contributed by atoms with van der Waals surface area (Å²) in [5.74, 6) is 0.629. The van der Waals surface area contributed by atoms with Crippen LogP contribution in [-0.2, 0) is 16.6 Å². The minimum atomic E-state index is -3.43. The third-order valence-electron chi connectivity index (χ3n) is 3.11. The first kappa shape index (κ1) is 15.4. The number of hydrogen-bond donors (Lipinski definition) is 1. The average Bonchev–Trinajstić information content (AvgIpc) is 2.46. The lowest BCUT2D eigenvalue weighted by molar-refractivity contribution is 0.520. The van der Waals surface area contributed by atoms with Crippen molar-refractivity contribution in [2.75, 3.05) is 19.4 Å². The second-order valence-corrected chi connectivity index (χ2v) is 6.97. The van der Waals surface area contributed by atoms with E-state index in [1.54, 1.807) is 24.5 Å². The molecular formula is C14H18N4O2S. The second-order valence-electron chi connectivity index (χ2n) is 4.82. The van der Waals surface area contributed by atoms with E-state index in [-0.39, 0.29) is 4.90 Å². The van der Waals surface area contributed by atoms with E-state index in [9.17, 15) is 8.42 Å². The summed E-state index contributed by atoms with van der Waals surface area (Å²) >= 11 is 0. The molecule has 7 heteroatoms. The van der Waals surface area contributed by atoms with Crippen molar-refractivity contribution >= 4 is 15.8 Å². The summed E-state index contributed by atoms with van der Waals surface area (Å²) in [6, 6.07) is 5.14. The molecule has 2 heterocycles. The Morgan fingerprint density at radius 2 is 1.95 bits per heavy atom. The normalized spacial score (nSPS) is 11.6. The minimum Gasteiger partial charge on any atom is -0.366 e. The molecule has 6 nitrogen and oxygen atoms in total. The van der Waals surface area contributed by atoms with Gasteiger partial charge in [0.05, 0.1) is 0 Å². The van der Waals surface area contributed by atoms with Crippen LogP contribution in [0.25, 0.3) is 0 Å². The zero-order valence-corrected chi connectivity index (χ0v) is 13.1. The molecule has 0 saturated carbocycles. The summed E-state index contributed by atoms with van der Waals surface area (Å²) in [5.41, 5.74) is 2.22. The van der Waals surface area contributed by atoms with Crippen molar-refractivity contribution in [2.24, 2.45) is 0 Å². The zero-order chi connectivity index (χ0) is 15.5. The fourth-order valence-electron chi connectivity index (χ4n) is 1.73. The highest BCUT2D eigenvalue weighted by Crippen LogP contribution is 2.15. The molecule has 0 saturated heterocycles. The van der Waals surface area contributed by atoms with Crippen molar-refractivity contribution in [2.45, 2.75) is 18.4 Å². The maximum absolute atomic E-state index is 11.9. The maximum atomic E-state index is 11.9. The number of nitrogens with one attached hydrogen (secondary N) is 1. The summed E-state index contributed by atoms with van der Waals surface area (Å²) in [4.78, 5) is 8.36. The Morgan fingerprint density at radius 3 is 2.52 bits per heavy atom. The predicted octanol–water partition coefficient (Wildman–Crippen LogP) is 1.65. The SMILES string of the molecule is Cc1cnccc1CNc1ccc(S(=O)(=O)N(C)C)cn1. The van der Waals surface area contributed by atoms with Crippen molar-refractivity contribution in [1.82, 2.24) is 14.3 Å². The summed E-state index contributed by atoms with van der Waals surface area (Å²) in [6.07, 6.45) is 4.90. The quantitative estimate of drug-likeness (QED) is 0.909. The van der Waals surface area contributed by atoms with Gasteiger partial charge in [0.2, 0.25) is 10.0 Å². The lowest BCUT2D eigenvalue weighted by Gasteiger charge is -2.12. The van der Waals surface area contributed by atoms with Gasteiger partial charge in [-0.1, -0.05) is 0 Å². The number of aryl methyl sites for hydroxylation is 1. The van der Waals surface area contributed by atoms with E-state index in [1.807, 2.05) is 13.0 Å². The molecule has 0 aliphatic carbocycles. The molecule has 0 aliphatic rings. The molecule has 0 spiro atoms. The summed E-state index contributed by atoms with van der Waals surface area (Å²) < 4.78 is 25.0. The number of anilines is 1. The first-order valence-electron chi connectivity index (χ1n) is 6.43. The van der Waals surface area contributed by atoms with E-state index < -0.39 is 10.0 Å². The van der Waals surface area contributed by atoms with E-state index in [0.717, 1.165) is 15.4 Å². The summed E-state index contributed by atoms with van der Waals surface area (Å²) in [5, 5.41) is 3.16. The van der Waals surface area contributed by atoms with E-state index in [4.69, 9.17) is 0 Å². The van der Waals surface area contributed by atoms with Crippen LogP contribution >= 0.6 is 0 Å². The fourth-order valence-corrected chi connectivity index (χ4v) is 2.58. The van der Waals surface area contributed by atoms with Crippen LogP contribution in [-0.4, -0.2) is 36.8 Å². The van der Waals surface area contributed by atoms with Gasteiger partial charge in [0.1, 0.15) is 10.7 Å². The molecule has 112 valence electrons. The third-order valence-corrected chi connectivity index (χ3v) is 4.91. The van der Waals surface area contributed by atoms with Gasteiger partial charge in [-0.25, -0.2) is 17.7 Å². The molecule has 2 aromatic rings. The lowest BCUT2D eigenvalue weighted by Crippen LogP contribution is -2.22. The molecule has 0 unspecified atom stereocenters. The van der Waals surface area contributed by atoms with Crippen molar-refractivity contribution in [3.63, 3.8) is 0 Å². The van der Waals surface area contributed by atoms with Gasteiger partial charge in [0.25, 0.3) is 0 Å². The van der Waals surface area contributed by atoms with Crippen molar-refractivity contribution in [3.8, 4) is 0 Å². The Bertz CT molecular complexity index is 712. The largest absolute Gasteiger partial charge is 0.366 e. The Hall–Kier alpha value is -1.99. The lowest BCUT2D eigenvalue weighted by atomic mass is 10.1. The highest BCUT2D eigenvalue weighted by atomic mass is 32.2. The smallest absolute Gasteiger partial charge is 0.244 e. The number of hydrogen-bond acceptors (Lipinski definition) is 5. The summed E-state index contributed by atoms with van der Waals surface area (Å²) in [7, 11) is -0.445. The van der Waals surface area contributed by atoms with Crippen LogP contribution < -0.4 is 5.32 Å². The van der Waals surface area contributed by atoms with Crippen LogP contribution in [0.3, 0.4) is 0 Å². The Morgan fingerprint density at radius 1 is 1.19 bits per heavy atom. The Balaban J connectivity index is 2.09. The van der Waals surface area contributed by atoms with Crippen LogP contribution in [0.15, 0.2) is 41.7 Å². The van der Waals surface area contributed by atoms with Gasteiger partial charge in [-0.05, 0) is 36.2 Å². The number of aromatic nitrogens is 2. The topological polar surface area (TPSA) is 75.2 Å². The highest BCUT2D eigenvalue weighted by Gasteiger charge is 2.17. The number of rotatable bonds is 5. The molecule has 0 radical (unpaired) electrons. The monoisotopic (exact) mass is 306 g/mol. The van der Waals surface area contributed by atoms with E-state index >= 15 is 0 Å². The maximum Gasteiger partial charge on any atom is 0.244 e. The number of sulfonamides is 1. The fraction of sp³-hybridized carbons (Fsp3) is 0.286. The van der Waals surface area contributed by atoms with E-state index in [1.165, 1.54) is 20.3 Å². The molecule has 0 aromatic carbocycles. The van der Waals surface area contributed by atoms with Crippen molar-refractivity contribution < 1.29 is 8.42 Å². The van der Waals surface area contributed by atoms with Crippen LogP contribution in [0.5, 0.6) is 0 Å². The van der Waals surface area contributed by atoms with Crippen LogP contribution in [0.4, 0.5) is 5.82 Å². The number of pyridine rings is 2. The molecule has 0 bridgehead atoms. The van der Waals surface area contributed by atoms with Gasteiger partial charge in [-0.15, -0.1) is 0 Å². The van der Waals surface area contributed by atoms with Crippen LogP contribution in [0, 0.1) is 6.92 Å². The standard InChI is InChI=1S/C14H18N4O2S/c1-11-8-15-7-6-12(11)9-16-14-5-4-13(10-17-14)21(19,20)18(2)3/h4-8,10H,9H2,1-3H3,(H,16,17). The van der Waals surface area contributed by atoms with Gasteiger partial charge in [0, 0.05) is 39.2 Å². The van der Waals surface area contributed by atoms with E-state index in [0.29, 0.717) is 12.4 Å². The van der Waals surface area contributed by atoms with Crippen LogP contribution in [0.2, 0.25) is 0 Å². The molecule has 0 aliphatic heterocycles.